The SMILES string of the molecule is CNC(=O)c1ccc(OCc2cnn(C)c2)c(OC)c1. The van der Waals surface area contributed by atoms with E-state index in [2.05, 4.69) is 10.4 Å². The second kappa shape index (κ2) is 6.10. The molecule has 20 heavy (non-hydrogen) atoms. The lowest BCUT2D eigenvalue weighted by Gasteiger charge is -2.11. The molecule has 0 aliphatic carbocycles. The van der Waals surface area contributed by atoms with Crippen molar-refractivity contribution < 1.29 is 14.3 Å². The first-order chi connectivity index (χ1) is 9.63. The zero-order valence-electron chi connectivity index (χ0n) is 11.7. The number of ether oxygens (including phenoxy) is 2. The number of nitrogens with one attached hydrogen (secondary N) is 1. The number of rotatable bonds is 5. The van der Waals surface area contributed by atoms with Crippen LogP contribution in [0.5, 0.6) is 11.5 Å². The number of nitrogens with zero attached hydrogens (tertiary/aromatic N) is 2. The number of aromatic nitrogens is 2. The molecular formula is C14H17N3O3. The van der Waals surface area contributed by atoms with E-state index in [0.29, 0.717) is 23.7 Å². The Morgan fingerprint density at radius 1 is 1.40 bits per heavy atom. The van der Waals surface area contributed by atoms with Gasteiger partial charge in [-0.05, 0) is 18.2 Å². The van der Waals surface area contributed by atoms with Crippen LogP contribution in [0.3, 0.4) is 0 Å². The highest BCUT2D eigenvalue weighted by Crippen LogP contribution is 2.28. The number of hydrogen-bond acceptors (Lipinski definition) is 4. The molecule has 0 saturated carbocycles. The third kappa shape index (κ3) is 3.09. The summed E-state index contributed by atoms with van der Waals surface area (Å²) in [6.45, 7) is 0.392. The highest BCUT2D eigenvalue weighted by molar-refractivity contribution is 5.94. The van der Waals surface area contributed by atoms with Crippen LogP contribution in [0, 0.1) is 0 Å². The largest absolute Gasteiger partial charge is 0.493 e. The van der Waals surface area contributed by atoms with E-state index in [9.17, 15) is 4.79 Å². The maximum Gasteiger partial charge on any atom is 0.251 e. The van der Waals surface area contributed by atoms with Gasteiger partial charge in [0.2, 0.25) is 0 Å². The lowest BCUT2D eigenvalue weighted by Crippen LogP contribution is -2.17. The molecule has 1 heterocycles. The molecule has 6 heteroatoms. The minimum absolute atomic E-state index is 0.165. The summed E-state index contributed by atoms with van der Waals surface area (Å²) in [5, 5.41) is 6.64. The lowest BCUT2D eigenvalue weighted by atomic mass is 10.2. The van der Waals surface area contributed by atoms with Crippen LogP contribution in [0.25, 0.3) is 0 Å². The van der Waals surface area contributed by atoms with Crippen LogP contribution in [0.4, 0.5) is 0 Å². The molecule has 0 unspecified atom stereocenters. The van der Waals surface area contributed by atoms with E-state index >= 15 is 0 Å². The number of carbonyl (C=O) groups is 1. The molecule has 1 N–H and O–H groups in total. The number of benzene rings is 1. The first-order valence-electron chi connectivity index (χ1n) is 6.14. The van der Waals surface area contributed by atoms with E-state index in [-0.39, 0.29) is 5.91 Å². The summed E-state index contributed by atoms with van der Waals surface area (Å²) in [4.78, 5) is 11.6. The van der Waals surface area contributed by atoms with Crippen LogP contribution < -0.4 is 14.8 Å². The average molecular weight is 275 g/mol. The Hall–Kier alpha value is -2.50. The average Bonchev–Trinajstić information content (AvgIpc) is 2.89. The number of hydrogen-bond donors (Lipinski definition) is 1. The molecule has 1 aromatic carbocycles. The van der Waals surface area contributed by atoms with Crippen molar-refractivity contribution >= 4 is 5.91 Å². The standard InChI is InChI=1S/C14H17N3O3/c1-15-14(18)11-4-5-12(13(6-11)19-3)20-9-10-7-16-17(2)8-10/h4-8H,9H2,1-3H3,(H,15,18). The van der Waals surface area contributed by atoms with E-state index in [1.54, 1.807) is 43.2 Å². The Bertz CT molecular complexity index is 607. The van der Waals surface area contributed by atoms with Crippen LogP contribution in [0.1, 0.15) is 15.9 Å². The third-order valence-electron chi connectivity index (χ3n) is 2.81. The zero-order chi connectivity index (χ0) is 14.5. The van der Waals surface area contributed by atoms with Crippen molar-refractivity contribution in [3.05, 3.63) is 41.7 Å². The molecule has 1 aromatic heterocycles. The Labute approximate surface area is 117 Å². The van der Waals surface area contributed by atoms with Crippen LogP contribution in [0.15, 0.2) is 30.6 Å². The van der Waals surface area contributed by atoms with Gasteiger partial charge in [0.05, 0.1) is 13.3 Å². The van der Waals surface area contributed by atoms with Crippen LogP contribution in [-0.4, -0.2) is 29.8 Å². The molecule has 0 aliphatic rings. The third-order valence-corrected chi connectivity index (χ3v) is 2.81. The molecule has 0 saturated heterocycles. The maximum absolute atomic E-state index is 11.6. The van der Waals surface area contributed by atoms with Gasteiger partial charge < -0.3 is 14.8 Å². The summed E-state index contributed by atoms with van der Waals surface area (Å²) in [6.07, 6.45) is 3.62. The highest BCUT2D eigenvalue weighted by atomic mass is 16.5. The summed E-state index contributed by atoms with van der Waals surface area (Å²) < 4.78 is 12.6. The van der Waals surface area contributed by atoms with Gasteiger partial charge in [-0.2, -0.15) is 5.10 Å². The normalized spacial score (nSPS) is 10.2. The fraction of sp³-hybridized carbons (Fsp3) is 0.286. The van der Waals surface area contributed by atoms with Crippen LogP contribution in [-0.2, 0) is 13.7 Å². The smallest absolute Gasteiger partial charge is 0.251 e. The Balaban J connectivity index is 2.13. The van der Waals surface area contributed by atoms with Gasteiger partial charge in [0, 0.05) is 31.4 Å². The van der Waals surface area contributed by atoms with Gasteiger partial charge in [0.25, 0.3) is 5.91 Å². The van der Waals surface area contributed by atoms with Crippen molar-refractivity contribution in [1.82, 2.24) is 15.1 Å². The van der Waals surface area contributed by atoms with Gasteiger partial charge in [-0.15, -0.1) is 0 Å². The molecule has 6 nitrogen and oxygen atoms in total. The maximum atomic E-state index is 11.6. The second-order valence-electron chi connectivity index (χ2n) is 4.26. The van der Waals surface area contributed by atoms with E-state index in [1.807, 2.05) is 13.2 Å². The molecule has 0 fully saturated rings. The Morgan fingerprint density at radius 3 is 2.80 bits per heavy atom. The molecule has 0 aliphatic heterocycles. The molecule has 1 amide bonds. The summed E-state index contributed by atoms with van der Waals surface area (Å²) in [5.41, 5.74) is 1.49. The van der Waals surface area contributed by atoms with Crippen molar-refractivity contribution in [2.45, 2.75) is 6.61 Å². The van der Waals surface area contributed by atoms with Gasteiger partial charge in [-0.25, -0.2) is 0 Å². The quantitative estimate of drug-likeness (QED) is 0.895. The molecular weight excluding hydrogens is 258 g/mol. The molecule has 0 bridgehead atoms. The van der Waals surface area contributed by atoms with Crippen molar-refractivity contribution in [3.8, 4) is 11.5 Å². The second-order valence-corrected chi connectivity index (χ2v) is 4.26. The molecule has 2 aromatic rings. The van der Waals surface area contributed by atoms with Crippen molar-refractivity contribution in [2.75, 3.05) is 14.2 Å². The fourth-order valence-electron chi connectivity index (χ4n) is 1.78. The molecule has 106 valence electrons. The van der Waals surface area contributed by atoms with E-state index < -0.39 is 0 Å². The minimum Gasteiger partial charge on any atom is -0.493 e. The van der Waals surface area contributed by atoms with Gasteiger partial charge in [-0.3, -0.25) is 9.48 Å². The Kier molecular flexibility index (Phi) is 4.24. The van der Waals surface area contributed by atoms with E-state index in [4.69, 9.17) is 9.47 Å². The van der Waals surface area contributed by atoms with Gasteiger partial charge in [0.1, 0.15) is 6.61 Å². The van der Waals surface area contributed by atoms with Crippen molar-refractivity contribution in [2.24, 2.45) is 7.05 Å². The van der Waals surface area contributed by atoms with Crippen LogP contribution in [0.2, 0.25) is 0 Å². The van der Waals surface area contributed by atoms with Gasteiger partial charge in [-0.1, -0.05) is 0 Å². The highest BCUT2D eigenvalue weighted by Gasteiger charge is 2.10. The van der Waals surface area contributed by atoms with Crippen molar-refractivity contribution in [3.63, 3.8) is 0 Å². The summed E-state index contributed by atoms with van der Waals surface area (Å²) in [5.74, 6) is 0.945. The Morgan fingerprint density at radius 2 is 2.20 bits per heavy atom. The number of amides is 1. The van der Waals surface area contributed by atoms with Gasteiger partial charge >= 0.3 is 0 Å². The van der Waals surface area contributed by atoms with E-state index in [0.717, 1.165) is 5.56 Å². The first kappa shape index (κ1) is 13.9. The fourth-order valence-corrected chi connectivity index (χ4v) is 1.78. The van der Waals surface area contributed by atoms with Gasteiger partial charge in [0.15, 0.2) is 11.5 Å². The summed E-state index contributed by atoms with van der Waals surface area (Å²) in [7, 11) is 4.98. The molecule has 0 atom stereocenters. The minimum atomic E-state index is -0.165. The lowest BCUT2D eigenvalue weighted by molar-refractivity contribution is 0.0962. The number of methoxy groups -OCH3 is 1. The molecule has 0 radical (unpaired) electrons. The predicted molar refractivity (Wildman–Crippen MR) is 73.9 cm³/mol. The topological polar surface area (TPSA) is 65.4 Å². The summed E-state index contributed by atoms with van der Waals surface area (Å²) >= 11 is 0. The van der Waals surface area contributed by atoms with Crippen molar-refractivity contribution in [1.29, 1.82) is 0 Å². The van der Waals surface area contributed by atoms with E-state index in [1.165, 1.54) is 0 Å². The van der Waals surface area contributed by atoms with Crippen LogP contribution >= 0.6 is 0 Å². The predicted octanol–water partition coefficient (Wildman–Crippen LogP) is 1.37. The molecule has 0 spiro atoms. The monoisotopic (exact) mass is 275 g/mol. The first-order valence-corrected chi connectivity index (χ1v) is 6.14. The number of aryl methyl sites for hydroxylation is 1. The zero-order valence-corrected chi connectivity index (χ0v) is 11.7. The molecule has 2 rings (SSSR count). The summed E-state index contributed by atoms with van der Waals surface area (Å²) in [6, 6.07) is 5.07. The number of carbonyl (C=O) groups excluding carboxylic acids is 1.